The van der Waals surface area contributed by atoms with Crippen molar-refractivity contribution in [3.05, 3.63) is 30.1 Å². The monoisotopic (exact) mass is 164 g/mol. The number of hydrogen-bond acceptors (Lipinski definition) is 3. The van der Waals surface area contributed by atoms with Gasteiger partial charge in [-0.3, -0.25) is 4.98 Å². The largest absolute Gasteiger partial charge is 0.392 e. The number of aromatic nitrogens is 1. The zero-order valence-corrected chi connectivity index (χ0v) is 6.77. The van der Waals surface area contributed by atoms with Crippen molar-refractivity contribution in [3.8, 4) is 0 Å². The van der Waals surface area contributed by atoms with E-state index in [2.05, 4.69) is 10.3 Å². The minimum atomic E-state index is -0.211. The fourth-order valence-corrected chi connectivity index (χ4v) is 1.52. The second-order valence-corrected chi connectivity index (χ2v) is 3.10. The standard InChI is InChI=1S/C9H12N2O/c12-7-5-9(11-6-7)8-3-1-2-4-10-8/h1-4,7,9,11-12H,5-6H2/t7-,9+/m0/s1. The number of rotatable bonds is 1. The predicted molar refractivity (Wildman–Crippen MR) is 45.6 cm³/mol. The number of nitrogens with one attached hydrogen (secondary N) is 1. The zero-order chi connectivity index (χ0) is 8.39. The Morgan fingerprint density at radius 1 is 1.50 bits per heavy atom. The van der Waals surface area contributed by atoms with Gasteiger partial charge in [-0.1, -0.05) is 6.07 Å². The summed E-state index contributed by atoms with van der Waals surface area (Å²) in [4.78, 5) is 4.22. The lowest BCUT2D eigenvalue weighted by atomic mass is 10.1. The topological polar surface area (TPSA) is 45.1 Å². The summed E-state index contributed by atoms with van der Waals surface area (Å²) in [6, 6.07) is 6.08. The van der Waals surface area contributed by atoms with Crippen LogP contribution >= 0.6 is 0 Å². The van der Waals surface area contributed by atoms with Crippen molar-refractivity contribution in [1.82, 2.24) is 10.3 Å². The molecule has 0 aliphatic carbocycles. The Hall–Kier alpha value is -0.930. The van der Waals surface area contributed by atoms with Crippen LogP contribution in [0.5, 0.6) is 0 Å². The molecule has 2 atom stereocenters. The highest BCUT2D eigenvalue weighted by Crippen LogP contribution is 2.20. The van der Waals surface area contributed by atoms with Crippen LogP contribution in [0.15, 0.2) is 24.4 Å². The van der Waals surface area contributed by atoms with E-state index in [-0.39, 0.29) is 12.1 Å². The second kappa shape index (κ2) is 3.21. The quantitative estimate of drug-likeness (QED) is 0.634. The average Bonchev–Trinajstić information content (AvgIpc) is 2.54. The van der Waals surface area contributed by atoms with Gasteiger partial charge in [-0.15, -0.1) is 0 Å². The molecular formula is C9H12N2O. The molecule has 1 aromatic rings. The summed E-state index contributed by atoms with van der Waals surface area (Å²) in [7, 11) is 0. The van der Waals surface area contributed by atoms with E-state index in [1.54, 1.807) is 6.20 Å². The first-order chi connectivity index (χ1) is 5.86. The minimum absolute atomic E-state index is 0.211. The normalized spacial score (nSPS) is 29.1. The Kier molecular flexibility index (Phi) is 2.06. The van der Waals surface area contributed by atoms with Crippen LogP contribution in [0.2, 0.25) is 0 Å². The summed E-state index contributed by atoms with van der Waals surface area (Å²) >= 11 is 0. The van der Waals surface area contributed by atoms with E-state index < -0.39 is 0 Å². The van der Waals surface area contributed by atoms with Gasteiger partial charge in [-0.25, -0.2) is 0 Å². The Bertz CT molecular complexity index is 250. The summed E-state index contributed by atoms with van der Waals surface area (Å²) < 4.78 is 0. The maximum absolute atomic E-state index is 9.27. The molecule has 0 radical (unpaired) electrons. The molecule has 1 fully saturated rings. The third kappa shape index (κ3) is 1.47. The van der Waals surface area contributed by atoms with E-state index in [9.17, 15) is 5.11 Å². The lowest BCUT2D eigenvalue weighted by Crippen LogP contribution is -2.15. The summed E-state index contributed by atoms with van der Waals surface area (Å²) in [5.41, 5.74) is 1.02. The fraction of sp³-hybridized carbons (Fsp3) is 0.444. The predicted octanol–water partition coefficient (Wildman–Crippen LogP) is 0.477. The molecule has 0 unspecified atom stereocenters. The van der Waals surface area contributed by atoms with Gasteiger partial charge in [0.25, 0.3) is 0 Å². The summed E-state index contributed by atoms with van der Waals surface area (Å²) in [5, 5.41) is 12.5. The average molecular weight is 164 g/mol. The third-order valence-corrected chi connectivity index (χ3v) is 2.15. The molecular weight excluding hydrogens is 152 g/mol. The first-order valence-corrected chi connectivity index (χ1v) is 4.18. The lowest BCUT2D eigenvalue weighted by molar-refractivity contribution is 0.193. The van der Waals surface area contributed by atoms with Gasteiger partial charge in [-0.05, 0) is 18.6 Å². The van der Waals surface area contributed by atoms with Gasteiger partial charge in [0.05, 0.1) is 17.8 Å². The highest BCUT2D eigenvalue weighted by molar-refractivity contribution is 5.10. The summed E-state index contributed by atoms with van der Waals surface area (Å²) in [6.45, 7) is 0.682. The molecule has 0 bridgehead atoms. The number of aliphatic hydroxyl groups is 1. The first-order valence-electron chi connectivity index (χ1n) is 4.18. The molecule has 2 N–H and O–H groups in total. The van der Waals surface area contributed by atoms with Gasteiger partial charge >= 0.3 is 0 Å². The molecule has 3 nitrogen and oxygen atoms in total. The minimum Gasteiger partial charge on any atom is -0.392 e. The zero-order valence-electron chi connectivity index (χ0n) is 6.77. The van der Waals surface area contributed by atoms with Gasteiger partial charge in [-0.2, -0.15) is 0 Å². The van der Waals surface area contributed by atoms with Crippen LogP contribution < -0.4 is 5.32 Å². The van der Waals surface area contributed by atoms with Crippen molar-refractivity contribution in [3.63, 3.8) is 0 Å². The van der Waals surface area contributed by atoms with Crippen molar-refractivity contribution in [1.29, 1.82) is 0 Å². The van der Waals surface area contributed by atoms with E-state index in [1.807, 2.05) is 18.2 Å². The smallest absolute Gasteiger partial charge is 0.0683 e. The van der Waals surface area contributed by atoms with Gasteiger partial charge in [0.2, 0.25) is 0 Å². The molecule has 0 amide bonds. The molecule has 0 aromatic carbocycles. The molecule has 1 aromatic heterocycles. The summed E-state index contributed by atoms with van der Waals surface area (Å²) in [5.74, 6) is 0. The summed E-state index contributed by atoms with van der Waals surface area (Å²) in [6.07, 6.45) is 2.34. The van der Waals surface area contributed by atoms with Crippen LogP contribution in [0.1, 0.15) is 18.2 Å². The van der Waals surface area contributed by atoms with Gasteiger partial charge < -0.3 is 10.4 Å². The van der Waals surface area contributed by atoms with Crippen molar-refractivity contribution in [2.75, 3.05) is 6.54 Å². The Labute approximate surface area is 71.4 Å². The number of aliphatic hydroxyl groups excluding tert-OH is 1. The number of pyridine rings is 1. The number of nitrogens with zero attached hydrogens (tertiary/aromatic N) is 1. The van der Waals surface area contributed by atoms with Gasteiger partial charge in [0, 0.05) is 12.7 Å². The lowest BCUT2D eigenvalue weighted by Gasteiger charge is -2.07. The maximum Gasteiger partial charge on any atom is 0.0683 e. The van der Waals surface area contributed by atoms with Crippen LogP contribution in [-0.2, 0) is 0 Å². The SMILES string of the molecule is O[C@@H]1CN[C@@H](c2ccccn2)C1. The molecule has 0 saturated carbocycles. The van der Waals surface area contributed by atoms with Crippen LogP contribution in [0.4, 0.5) is 0 Å². The Morgan fingerprint density at radius 2 is 2.42 bits per heavy atom. The second-order valence-electron chi connectivity index (χ2n) is 3.10. The third-order valence-electron chi connectivity index (χ3n) is 2.15. The highest BCUT2D eigenvalue weighted by atomic mass is 16.3. The van der Waals surface area contributed by atoms with Crippen molar-refractivity contribution >= 4 is 0 Å². The molecule has 3 heteroatoms. The van der Waals surface area contributed by atoms with Crippen LogP contribution in [0.25, 0.3) is 0 Å². The van der Waals surface area contributed by atoms with E-state index in [0.29, 0.717) is 6.54 Å². The molecule has 2 rings (SSSR count). The molecule has 2 heterocycles. The van der Waals surface area contributed by atoms with Crippen LogP contribution in [0, 0.1) is 0 Å². The van der Waals surface area contributed by atoms with Crippen molar-refractivity contribution < 1.29 is 5.11 Å². The van der Waals surface area contributed by atoms with Crippen molar-refractivity contribution in [2.24, 2.45) is 0 Å². The van der Waals surface area contributed by atoms with E-state index in [1.165, 1.54) is 0 Å². The Balaban J connectivity index is 2.11. The van der Waals surface area contributed by atoms with Crippen LogP contribution in [0.3, 0.4) is 0 Å². The maximum atomic E-state index is 9.27. The number of β-amino-alcohol motifs (C(OH)–C–C–N with tert-alkyl or cyclic N) is 1. The molecule has 1 saturated heterocycles. The van der Waals surface area contributed by atoms with Crippen LogP contribution in [-0.4, -0.2) is 22.7 Å². The highest BCUT2D eigenvalue weighted by Gasteiger charge is 2.23. The molecule has 12 heavy (non-hydrogen) atoms. The van der Waals surface area contributed by atoms with Gasteiger partial charge in [0.1, 0.15) is 0 Å². The molecule has 1 aliphatic heterocycles. The van der Waals surface area contributed by atoms with Gasteiger partial charge in [0.15, 0.2) is 0 Å². The molecule has 0 spiro atoms. The molecule has 1 aliphatic rings. The fourth-order valence-electron chi connectivity index (χ4n) is 1.52. The van der Waals surface area contributed by atoms with E-state index >= 15 is 0 Å². The molecule has 64 valence electrons. The van der Waals surface area contributed by atoms with E-state index in [0.717, 1.165) is 12.1 Å². The number of hydrogen-bond donors (Lipinski definition) is 2. The first kappa shape index (κ1) is 7.71. The van der Waals surface area contributed by atoms with Crippen molar-refractivity contribution in [2.45, 2.75) is 18.6 Å². The van der Waals surface area contributed by atoms with E-state index in [4.69, 9.17) is 0 Å². The Morgan fingerprint density at radius 3 is 3.00 bits per heavy atom.